The van der Waals surface area contributed by atoms with Crippen LogP contribution in [0.4, 0.5) is 4.79 Å². The summed E-state index contributed by atoms with van der Waals surface area (Å²) in [5.74, 6) is -0.487. The van der Waals surface area contributed by atoms with E-state index in [0.717, 1.165) is 25.8 Å². The zero-order valence-electron chi connectivity index (χ0n) is 20.6. The summed E-state index contributed by atoms with van der Waals surface area (Å²) in [6, 6.07) is 6.87. The lowest BCUT2D eigenvalue weighted by molar-refractivity contribution is 0.0515. The van der Waals surface area contributed by atoms with Crippen molar-refractivity contribution in [3.63, 3.8) is 0 Å². The fourth-order valence-electron chi connectivity index (χ4n) is 3.99. The molecule has 34 heavy (non-hydrogen) atoms. The Balaban J connectivity index is 1.88. The topological polar surface area (TPSA) is 128 Å². The average Bonchev–Trinajstić information content (AvgIpc) is 3.02. The third kappa shape index (κ3) is 8.04. The van der Waals surface area contributed by atoms with Gasteiger partial charge in [-0.2, -0.15) is 0 Å². The minimum atomic E-state index is -0.559. The van der Waals surface area contributed by atoms with Gasteiger partial charge < -0.3 is 10.1 Å². The van der Waals surface area contributed by atoms with E-state index in [1.165, 1.54) is 4.90 Å². The number of azide groups is 1. The number of imide groups is 1. The van der Waals surface area contributed by atoms with Crippen LogP contribution in [0.3, 0.4) is 0 Å². The summed E-state index contributed by atoms with van der Waals surface area (Å²) in [6.45, 7) is 9.98. The summed E-state index contributed by atoms with van der Waals surface area (Å²) in [6.07, 6.45) is 2.62. The van der Waals surface area contributed by atoms with E-state index in [1.54, 1.807) is 24.3 Å². The van der Waals surface area contributed by atoms with Gasteiger partial charge in [-0.25, -0.2) is 4.79 Å². The summed E-state index contributed by atoms with van der Waals surface area (Å²) in [7, 11) is 0. The maximum Gasteiger partial charge on any atom is 0.407 e. The number of alkyl carbamates (subject to hydrolysis) is 1. The van der Waals surface area contributed by atoms with E-state index in [1.807, 2.05) is 20.8 Å². The molecule has 0 spiro atoms. The molecule has 0 saturated heterocycles. The number of nitrogens with one attached hydrogen (secondary N) is 1. The molecule has 1 aromatic carbocycles. The third-order valence-corrected chi connectivity index (χ3v) is 5.50. The lowest BCUT2D eigenvalue weighted by Gasteiger charge is -2.31. The Morgan fingerprint density at radius 1 is 1.18 bits per heavy atom. The van der Waals surface area contributed by atoms with Crippen molar-refractivity contribution in [2.45, 2.75) is 65.0 Å². The minimum Gasteiger partial charge on any atom is -0.444 e. The van der Waals surface area contributed by atoms with Gasteiger partial charge in [0.25, 0.3) is 11.8 Å². The molecule has 0 bridgehead atoms. The van der Waals surface area contributed by atoms with Gasteiger partial charge >= 0.3 is 6.09 Å². The molecule has 3 amide bonds. The number of carbonyl (C=O) groups is 3. The second kappa shape index (κ2) is 13.0. The summed E-state index contributed by atoms with van der Waals surface area (Å²) in [4.78, 5) is 43.4. The molecule has 1 aromatic rings. The first kappa shape index (κ1) is 27.1. The number of carbonyl (C=O) groups excluding carboxylic acids is 3. The van der Waals surface area contributed by atoms with Crippen LogP contribution >= 0.6 is 0 Å². The predicted octanol–water partition coefficient (Wildman–Crippen LogP) is 4.37. The summed E-state index contributed by atoms with van der Waals surface area (Å²) in [5, 5.41) is 6.56. The second-order valence-electron chi connectivity index (χ2n) is 9.34. The molecule has 0 fully saturated rings. The molecule has 1 N–H and O–H groups in total. The Labute approximate surface area is 201 Å². The minimum absolute atomic E-state index is 0.00142. The molecule has 10 heteroatoms. The quantitative estimate of drug-likeness (QED) is 0.150. The number of benzene rings is 1. The zero-order valence-corrected chi connectivity index (χ0v) is 20.6. The Morgan fingerprint density at radius 3 is 2.38 bits per heavy atom. The standard InChI is InChI=1S/C24H36N6O4/c1-5-14-29(16-13-26-23(33)34-24(2,3)4)18(17-27-28-25)10-8-9-15-30-21(31)19-11-6-7-12-20(19)22(30)32/h6-7,11-12,18H,5,8-10,13-17H2,1-4H3,(H,26,33). The van der Waals surface area contributed by atoms with Gasteiger partial charge in [0.1, 0.15) is 5.60 Å². The molecular formula is C24H36N6O4. The van der Waals surface area contributed by atoms with Crippen LogP contribution in [0.25, 0.3) is 10.4 Å². The van der Waals surface area contributed by atoms with Crippen molar-refractivity contribution in [3.05, 3.63) is 45.8 Å². The summed E-state index contributed by atoms with van der Waals surface area (Å²) >= 11 is 0. The van der Waals surface area contributed by atoms with Crippen molar-refractivity contribution < 1.29 is 19.1 Å². The van der Waals surface area contributed by atoms with Crippen molar-refractivity contribution in [1.82, 2.24) is 15.1 Å². The van der Waals surface area contributed by atoms with Crippen LogP contribution in [0.2, 0.25) is 0 Å². The molecule has 1 unspecified atom stereocenters. The highest BCUT2D eigenvalue weighted by Gasteiger charge is 2.34. The largest absolute Gasteiger partial charge is 0.444 e. The van der Waals surface area contributed by atoms with Gasteiger partial charge in [0, 0.05) is 37.1 Å². The number of amides is 3. The molecule has 0 aliphatic carbocycles. The van der Waals surface area contributed by atoms with Crippen molar-refractivity contribution in [2.75, 3.05) is 32.7 Å². The van der Waals surface area contributed by atoms with Crippen molar-refractivity contribution >= 4 is 17.9 Å². The first-order valence-corrected chi connectivity index (χ1v) is 11.8. The Hall–Kier alpha value is -3.10. The first-order valence-electron chi connectivity index (χ1n) is 11.8. The highest BCUT2D eigenvalue weighted by atomic mass is 16.6. The second-order valence-corrected chi connectivity index (χ2v) is 9.34. The SMILES string of the molecule is CCCN(CCNC(=O)OC(C)(C)C)C(CCCCN1C(=O)c2ccccc2C1=O)CN=[N+]=[N-]. The van der Waals surface area contributed by atoms with Crippen LogP contribution in [-0.2, 0) is 4.74 Å². The number of unbranched alkanes of at least 4 members (excludes halogenated alkanes) is 1. The molecule has 1 aliphatic rings. The summed E-state index contributed by atoms with van der Waals surface area (Å²) < 4.78 is 5.28. The van der Waals surface area contributed by atoms with E-state index in [2.05, 4.69) is 27.2 Å². The molecule has 0 saturated carbocycles. The van der Waals surface area contributed by atoms with E-state index in [-0.39, 0.29) is 17.9 Å². The van der Waals surface area contributed by atoms with Crippen LogP contribution in [-0.4, -0.2) is 72.1 Å². The molecule has 186 valence electrons. The zero-order chi connectivity index (χ0) is 25.1. The maximum atomic E-state index is 12.5. The summed E-state index contributed by atoms with van der Waals surface area (Å²) in [5.41, 5.74) is 9.19. The Kier molecular flexibility index (Phi) is 10.3. The molecular weight excluding hydrogens is 436 g/mol. The fourth-order valence-corrected chi connectivity index (χ4v) is 3.99. The number of hydrogen-bond donors (Lipinski definition) is 1. The van der Waals surface area contributed by atoms with E-state index in [0.29, 0.717) is 43.7 Å². The smallest absolute Gasteiger partial charge is 0.407 e. The molecule has 0 radical (unpaired) electrons. The number of nitrogens with zero attached hydrogens (tertiary/aromatic N) is 5. The number of rotatable bonds is 13. The first-order chi connectivity index (χ1) is 16.2. The van der Waals surface area contributed by atoms with Crippen LogP contribution < -0.4 is 5.32 Å². The fraction of sp³-hybridized carbons (Fsp3) is 0.625. The lowest BCUT2D eigenvalue weighted by Crippen LogP contribution is -2.44. The van der Waals surface area contributed by atoms with Crippen LogP contribution in [0.5, 0.6) is 0 Å². The van der Waals surface area contributed by atoms with Gasteiger partial charge in [-0.3, -0.25) is 19.4 Å². The number of hydrogen-bond acceptors (Lipinski definition) is 6. The van der Waals surface area contributed by atoms with E-state index in [9.17, 15) is 14.4 Å². The molecule has 0 aromatic heterocycles. The number of fused-ring (bicyclic) bond motifs is 1. The third-order valence-electron chi connectivity index (χ3n) is 5.50. The maximum absolute atomic E-state index is 12.5. The van der Waals surface area contributed by atoms with Gasteiger partial charge in [0.15, 0.2) is 0 Å². The molecule has 10 nitrogen and oxygen atoms in total. The molecule has 1 atom stereocenters. The highest BCUT2D eigenvalue weighted by Crippen LogP contribution is 2.23. The van der Waals surface area contributed by atoms with Crippen LogP contribution in [0.15, 0.2) is 29.4 Å². The highest BCUT2D eigenvalue weighted by molar-refractivity contribution is 6.21. The van der Waals surface area contributed by atoms with Gasteiger partial charge in [0.2, 0.25) is 0 Å². The molecule has 2 rings (SSSR count). The predicted molar refractivity (Wildman–Crippen MR) is 130 cm³/mol. The van der Waals surface area contributed by atoms with Crippen LogP contribution in [0.1, 0.15) is 74.1 Å². The van der Waals surface area contributed by atoms with E-state index in [4.69, 9.17) is 10.3 Å². The van der Waals surface area contributed by atoms with Crippen LogP contribution in [0, 0.1) is 0 Å². The monoisotopic (exact) mass is 472 g/mol. The van der Waals surface area contributed by atoms with E-state index >= 15 is 0 Å². The molecule has 1 heterocycles. The van der Waals surface area contributed by atoms with Gasteiger partial charge in [-0.05, 0) is 64.2 Å². The van der Waals surface area contributed by atoms with Gasteiger partial charge in [-0.1, -0.05) is 30.6 Å². The van der Waals surface area contributed by atoms with Gasteiger partial charge in [0.05, 0.1) is 11.1 Å². The van der Waals surface area contributed by atoms with Crippen molar-refractivity contribution in [2.24, 2.45) is 5.11 Å². The number of ether oxygens (including phenoxy) is 1. The molecule has 1 aliphatic heterocycles. The van der Waals surface area contributed by atoms with Gasteiger partial charge in [-0.15, -0.1) is 0 Å². The normalized spacial score (nSPS) is 14.1. The van der Waals surface area contributed by atoms with Crippen molar-refractivity contribution in [3.8, 4) is 0 Å². The average molecular weight is 473 g/mol. The lowest BCUT2D eigenvalue weighted by atomic mass is 10.1. The Morgan fingerprint density at radius 2 is 1.82 bits per heavy atom. The van der Waals surface area contributed by atoms with Crippen molar-refractivity contribution in [1.29, 1.82) is 0 Å². The Bertz CT molecular complexity index is 872. The van der Waals surface area contributed by atoms with E-state index < -0.39 is 11.7 Å².